The number of anilines is 1. The number of carbonyl (C=O) groups excluding carboxylic acids is 1. The number of imidazole rings is 1. The van der Waals surface area contributed by atoms with E-state index in [-0.39, 0.29) is 21.7 Å². The van der Waals surface area contributed by atoms with Gasteiger partial charge in [-0.15, -0.1) is 10.2 Å². The second-order valence-electron chi connectivity index (χ2n) is 12.8. The molecule has 3 fully saturated rings. The Hall–Kier alpha value is -2.75. The number of alkyl halides is 2. The Kier molecular flexibility index (Phi) is 7.54. The zero-order valence-corrected chi connectivity index (χ0v) is 26.7. The molecule has 11 nitrogen and oxygen atoms in total. The number of hydrogen-bond donors (Lipinski definition) is 2. The Morgan fingerprint density at radius 2 is 1.91 bits per heavy atom. The van der Waals surface area contributed by atoms with Crippen molar-refractivity contribution in [1.82, 2.24) is 34.5 Å². The molecule has 15 heteroatoms. The Morgan fingerprint density at radius 1 is 1.21 bits per heavy atom. The fraction of sp³-hybridized carbons (Fsp3) is 0.643. The fourth-order valence-corrected chi connectivity index (χ4v) is 8.08. The van der Waals surface area contributed by atoms with Gasteiger partial charge in [0.05, 0.1) is 11.4 Å². The molecule has 1 saturated heterocycles. The maximum absolute atomic E-state index is 13.8. The molecule has 0 radical (unpaired) electrons. The van der Waals surface area contributed by atoms with Gasteiger partial charge < -0.3 is 9.80 Å². The van der Waals surface area contributed by atoms with Crippen molar-refractivity contribution in [1.29, 1.82) is 0 Å². The highest BCUT2D eigenvalue weighted by molar-refractivity contribution is 7.89. The van der Waals surface area contributed by atoms with E-state index in [0.29, 0.717) is 48.9 Å². The van der Waals surface area contributed by atoms with E-state index < -0.39 is 38.6 Å². The number of halogens is 2. The standard InChI is InChI=1S/C28H38F2N8O3S2/c1-6-36(7-2)26(39)18-14-37(15-27(3,4)32-18)19-12-17(43(40,41)35-28(5)10-11-28)13-38-21(20(16-8-9-16)31-23(19)38)24-33-34-25(42-24)22(29)30/h12-13,16,18,22,32,35H,6-11,14-15H2,1-5H3/t18-/m1/s1. The summed E-state index contributed by atoms with van der Waals surface area (Å²) in [5, 5.41) is 11.1. The average molecular weight is 637 g/mol. The summed E-state index contributed by atoms with van der Waals surface area (Å²) < 4.78 is 59.1. The molecule has 0 unspecified atom stereocenters. The normalized spacial score (nSPS) is 21.5. The molecule has 3 aromatic rings. The predicted molar refractivity (Wildman–Crippen MR) is 160 cm³/mol. The number of amides is 1. The molecule has 3 aliphatic rings. The van der Waals surface area contributed by atoms with Gasteiger partial charge in [0.1, 0.15) is 16.6 Å². The Morgan fingerprint density at radius 3 is 2.49 bits per heavy atom. The van der Waals surface area contributed by atoms with Crippen molar-refractivity contribution in [2.45, 2.75) is 94.7 Å². The van der Waals surface area contributed by atoms with Crippen molar-refractivity contribution in [3.63, 3.8) is 0 Å². The number of nitrogens with one attached hydrogen (secondary N) is 2. The molecule has 3 aromatic heterocycles. The van der Waals surface area contributed by atoms with Crippen LogP contribution in [-0.2, 0) is 14.8 Å². The summed E-state index contributed by atoms with van der Waals surface area (Å²) in [6.45, 7) is 11.7. The summed E-state index contributed by atoms with van der Waals surface area (Å²) in [7, 11) is -3.96. The first-order valence-corrected chi connectivity index (χ1v) is 17.1. The summed E-state index contributed by atoms with van der Waals surface area (Å²) in [6, 6.07) is 1.10. The first-order valence-electron chi connectivity index (χ1n) is 14.8. The summed E-state index contributed by atoms with van der Waals surface area (Å²) >= 11 is 0.788. The highest BCUT2D eigenvalue weighted by Gasteiger charge is 2.43. The quantitative estimate of drug-likeness (QED) is 0.343. The smallest absolute Gasteiger partial charge is 0.291 e. The van der Waals surface area contributed by atoms with Crippen LogP contribution in [0, 0.1) is 0 Å². The van der Waals surface area contributed by atoms with Crippen LogP contribution >= 0.6 is 11.3 Å². The van der Waals surface area contributed by atoms with Gasteiger partial charge in [-0.1, -0.05) is 11.3 Å². The monoisotopic (exact) mass is 636 g/mol. The third-order valence-electron chi connectivity index (χ3n) is 8.46. The van der Waals surface area contributed by atoms with Crippen molar-refractivity contribution < 1.29 is 22.0 Å². The molecular formula is C28H38F2N8O3S2. The van der Waals surface area contributed by atoms with Crippen molar-refractivity contribution in [3.8, 4) is 10.7 Å². The molecule has 0 bridgehead atoms. The van der Waals surface area contributed by atoms with Crippen LogP contribution in [0.1, 0.15) is 83.3 Å². The van der Waals surface area contributed by atoms with Crippen LogP contribution in [-0.4, -0.2) is 82.1 Å². The first kappa shape index (κ1) is 30.3. The SMILES string of the molecule is CCN(CC)C(=O)[C@H]1CN(c2cc(S(=O)(=O)NC3(C)CC3)cn3c(-c4nnc(C(F)F)s4)c(C4CC4)nc23)CC(C)(C)N1. The largest absolute Gasteiger partial charge is 0.365 e. The molecule has 0 aromatic carbocycles. The van der Waals surface area contributed by atoms with Gasteiger partial charge >= 0.3 is 0 Å². The third kappa shape index (κ3) is 5.88. The molecule has 2 N–H and O–H groups in total. The van der Waals surface area contributed by atoms with E-state index in [1.807, 2.05) is 39.5 Å². The number of hydrogen-bond acceptors (Lipinski definition) is 9. The molecule has 1 atom stereocenters. The van der Waals surface area contributed by atoms with E-state index in [0.717, 1.165) is 37.0 Å². The summed E-state index contributed by atoms with van der Waals surface area (Å²) in [5.74, 6) is 0.0867. The third-order valence-corrected chi connectivity index (χ3v) is 11.0. The molecule has 6 rings (SSSR count). The summed E-state index contributed by atoms with van der Waals surface area (Å²) in [6.07, 6.45) is 2.00. The Labute approximate surface area is 254 Å². The predicted octanol–water partition coefficient (Wildman–Crippen LogP) is 3.92. The van der Waals surface area contributed by atoms with E-state index in [2.05, 4.69) is 20.2 Å². The number of pyridine rings is 1. The van der Waals surface area contributed by atoms with Gasteiger partial charge in [0, 0.05) is 49.4 Å². The zero-order chi connectivity index (χ0) is 30.9. The average Bonchev–Trinajstić information content (AvgIpc) is 3.82. The molecule has 2 saturated carbocycles. The van der Waals surface area contributed by atoms with Gasteiger partial charge in [-0.2, -0.15) is 0 Å². The minimum Gasteiger partial charge on any atom is -0.365 e. The molecule has 43 heavy (non-hydrogen) atoms. The number of aromatic nitrogens is 4. The van der Waals surface area contributed by atoms with Crippen LogP contribution in [0.25, 0.3) is 16.3 Å². The second-order valence-corrected chi connectivity index (χ2v) is 15.5. The molecule has 234 valence electrons. The second kappa shape index (κ2) is 10.7. The zero-order valence-electron chi connectivity index (χ0n) is 25.0. The lowest BCUT2D eigenvalue weighted by Crippen LogP contribution is -2.66. The van der Waals surface area contributed by atoms with Gasteiger partial charge in [0.2, 0.25) is 15.9 Å². The van der Waals surface area contributed by atoms with E-state index in [1.165, 1.54) is 6.20 Å². The van der Waals surface area contributed by atoms with Crippen LogP contribution in [0.15, 0.2) is 17.2 Å². The van der Waals surface area contributed by atoms with Crippen LogP contribution in [0.3, 0.4) is 0 Å². The van der Waals surface area contributed by atoms with E-state index in [9.17, 15) is 22.0 Å². The van der Waals surface area contributed by atoms with Crippen molar-refractivity contribution in [2.24, 2.45) is 0 Å². The van der Waals surface area contributed by atoms with Gasteiger partial charge in [-0.05, 0) is 66.4 Å². The molecule has 4 heterocycles. The van der Waals surface area contributed by atoms with Crippen LogP contribution in [0.5, 0.6) is 0 Å². The van der Waals surface area contributed by atoms with Crippen molar-refractivity contribution in [3.05, 3.63) is 23.0 Å². The van der Waals surface area contributed by atoms with Gasteiger partial charge in [-0.3, -0.25) is 14.5 Å². The van der Waals surface area contributed by atoms with Gasteiger partial charge in [0.25, 0.3) is 6.43 Å². The van der Waals surface area contributed by atoms with Crippen molar-refractivity contribution >= 4 is 38.6 Å². The molecule has 1 aliphatic heterocycles. The number of piperazine rings is 1. The molecule has 0 spiro atoms. The minimum absolute atomic E-state index is 0.0259. The number of sulfonamides is 1. The van der Waals surface area contributed by atoms with E-state index >= 15 is 0 Å². The lowest BCUT2D eigenvalue weighted by Gasteiger charge is -2.45. The van der Waals surface area contributed by atoms with E-state index in [1.54, 1.807) is 15.4 Å². The number of fused-ring (bicyclic) bond motifs is 1. The van der Waals surface area contributed by atoms with Crippen molar-refractivity contribution in [2.75, 3.05) is 31.1 Å². The van der Waals surface area contributed by atoms with Crippen LogP contribution < -0.4 is 14.9 Å². The first-order chi connectivity index (χ1) is 20.2. The summed E-state index contributed by atoms with van der Waals surface area (Å²) in [4.78, 5) is 22.4. The van der Waals surface area contributed by atoms with Gasteiger partial charge in [-0.25, -0.2) is 26.9 Å². The highest BCUT2D eigenvalue weighted by Crippen LogP contribution is 2.46. The summed E-state index contributed by atoms with van der Waals surface area (Å²) in [5.41, 5.74) is 1.24. The number of likely N-dealkylation sites (N-methyl/N-ethyl adjacent to an activating group) is 1. The molecular weight excluding hydrogens is 598 g/mol. The topological polar surface area (TPSA) is 125 Å². The van der Waals surface area contributed by atoms with Crippen LogP contribution in [0.4, 0.5) is 14.5 Å². The number of carbonyl (C=O) groups is 1. The fourth-order valence-electron chi connectivity index (χ4n) is 5.85. The maximum Gasteiger partial charge on any atom is 0.291 e. The maximum atomic E-state index is 13.8. The van der Waals surface area contributed by atoms with Gasteiger partial charge in [0.15, 0.2) is 15.7 Å². The minimum atomic E-state index is -3.96. The lowest BCUT2D eigenvalue weighted by molar-refractivity contribution is -0.133. The van der Waals surface area contributed by atoms with Crippen LogP contribution in [0.2, 0.25) is 0 Å². The number of rotatable bonds is 10. The Balaban J connectivity index is 1.54. The van der Waals surface area contributed by atoms with E-state index in [4.69, 9.17) is 4.98 Å². The lowest BCUT2D eigenvalue weighted by atomic mass is 9.97. The Bertz CT molecular complexity index is 1660. The number of nitrogens with zero attached hydrogens (tertiary/aromatic N) is 6. The molecule has 1 amide bonds. The highest BCUT2D eigenvalue weighted by atomic mass is 32.2. The molecule has 2 aliphatic carbocycles.